The number of carbonyl (C=O) groups is 2. The third kappa shape index (κ3) is 7.11. The van der Waals surface area contributed by atoms with E-state index in [2.05, 4.69) is 16.1 Å². The molecule has 0 bridgehead atoms. The highest BCUT2D eigenvalue weighted by atomic mass is 16.8. The lowest BCUT2D eigenvalue weighted by molar-refractivity contribution is -0.145. The molecule has 6 heteroatoms. The molecule has 0 rings (SSSR count). The number of carboxylic acid groups (broad SMARTS) is 1. The molecule has 0 fully saturated rings. The number of rotatable bonds is 6. The molecule has 80 valence electrons. The Bertz CT molecular complexity index is 212. The van der Waals surface area contributed by atoms with E-state index < -0.39 is 18.4 Å². The number of hydrogen-bond donors (Lipinski definition) is 1. The molecule has 0 heterocycles. The second kappa shape index (κ2) is 6.90. The average Bonchev–Trinajstić information content (AvgIpc) is 2.10. The summed E-state index contributed by atoms with van der Waals surface area (Å²) in [4.78, 5) is 20.5. The summed E-state index contributed by atoms with van der Waals surface area (Å²) in [5.74, 6) is -0.555. The summed E-state index contributed by atoms with van der Waals surface area (Å²) in [7, 11) is 0. The van der Waals surface area contributed by atoms with Gasteiger partial charge in [-0.05, 0) is 6.92 Å². The number of ether oxygens (including phenoxy) is 3. The van der Waals surface area contributed by atoms with Gasteiger partial charge in [-0.1, -0.05) is 6.58 Å². The maximum absolute atomic E-state index is 10.5. The van der Waals surface area contributed by atoms with Gasteiger partial charge in [0, 0.05) is 6.08 Å². The highest BCUT2D eigenvalue weighted by Gasteiger charge is 2.06. The van der Waals surface area contributed by atoms with Crippen LogP contribution in [0.15, 0.2) is 12.7 Å². The van der Waals surface area contributed by atoms with Crippen molar-refractivity contribution in [2.45, 2.75) is 13.2 Å². The third-order valence-electron chi connectivity index (χ3n) is 1.11. The van der Waals surface area contributed by atoms with Gasteiger partial charge in [-0.3, -0.25) is 0 Å². The third-order valence-corrected chi connectivity index (χ3v) is 1.11. The Morgan fingerprint density at radius 2 is 2.14 bits per heavy atom. The van der Waals surface area contributed by atoms with Gasteiger partial charge in [-0.2, -0.15) is 0 Å². The van der Waals surface area contributed by atoms with E-state index in [-0.39, 0.29) is 13.2 Å². The minimum atomic E-state index is -1.42. The standard InChI is InChI=1S/C8H12O6/c1-3-7(9)13-5-4-12-6(2)14-8(10)11/h3,6H,1,4-5H2,2H3,(H,10,11). The van der Waals surface area contributed by atoms with Crippen molar-refractivity contribution >= 4 is 12.1 Å². The van der Waals surface area contributed by atoms with E-state index in [1.807, 2.05) is 0 Å². The Morgan fingerprint density at radius 1 is 1.50 bits per heavy atom. The molecular weight excluding hydrogens is 192 g/mol. The van der Waals surface area contributed by atoms with Crippen LogP contribution in [0.1, 0.15) is 6.92 Å². The summed E-state index contributed by atoms with van der Waals surface area (Å²) in [6, 6.07) is 0. The van der Waals surface area contributed by atoms with Crippen LogP contribution < -0.4 is 0 Å². The zero-order chi connectivity index (χ0) is 11.0. The number of esters is 1. The van der Waals surface area contributed by atoms with Gasteiger partial charge in [0.25, 0.3) is 0 Å². The van der Waals surface area contributed by atoms with Crippen LogP contribution in [0, 0.1) is 0 Å². The quantitative estimate of drug-likeness (QED) is 0.298. The topological polar surface area (TPSA) is 82.1 Å². The molecule has 0 saturated carbocycles. The van der Waals surface area contributed by atoms with E-state index in [4.69, 9.17) is 9.84 Å². The van der Waals surface area contributed by atoms with Crippen LogP contribution in [0.25, 0.3) is 0 Å². The number of carbonyl (C=O) groups excluding carboxylic acids is 1. The monoisotopic (exact) mass is 204 g/mol. The average molecular weight is 204 g/mol. The Kier molecular flexibility index (Phi) is 6.13. The fourth-order valence-electron chi connectivity index (χ4n) is 0.591. The molecule has 14 heavy (non-hydrogen) atoms. The Labute approximate surface area is 81.1 Å². The van der Waals surface area contributed by atoms with Crippen LogP contribution in [-0.4, -0.2) is 36.7 Å². The highest BCUT2D eigenvalue weighted by molar-refractivity contribution is 5.81. The smallest absolute Gasteiger partial charge is 0.460 e. The van der Waals surface area contributed by atoms with E-state index in [0.29, 0.717) is 0 Å². The van der Waals surface area contributed by atoms with Gasteiger partial charge in [0.05, 0.1) is 6.61 Å². The highest BCUT2D eigenvalue weighted by Crippen LogP contribution is 1.93. The summed E-state index contributed by atoms with van der Waals surface area (Å²) in [5.41, 5.74) is 0. The molecule has 6 nitrogen and oxygen atoms in total. The van der Waals surface area contributed by atoms with Gasteiger partial charge < -0.3 is 19.3 Å². The van der Waals surface area contributed by atoms with Crippen molar-refractivity contribution in [2.24, 2.45) is 0 Å². The fraction of sp³-hybridized carbons (Fsp3) is 0.500. The van der Waals surface area contributed by atoms with Crippen LogP contribution in [0.2, 0.25) is 0 Å². The first-order valence-electron chi connectivity index (χ1n) is 3.86. The molecule has 0 aromatic carbocycles. The molecule has 0 spiro atoms. The predicted octanol–water partition coefficient (Wildman–Crippen LogP) is 0.773. The Morgan fingerprint density at radius 3 is 2.64 bits per heavy atom. The van der Waals surface area contributed by atoms with Gasteiger partial charge in [-0.25, -0.2) is 9.59 Å². The zero-order valence-corrected chi connectivity index (χ0v) is 7.76. The van der Waals surface area contributed by atoms with E-state index in [1.165, 1.54) is 6.92 Å². The molecule has 0 amide bonds. The second-order valence-electron chi connectivity index (χ2n) is 2.19. The maximum atomic E-state index is 10.5. The molecule has 0 radical (unpaired) electrons. The van der Waals surface area contributed by atoms with Crippen molar-refractivity contribution in [2.75, 3.05) is 13.2 Å². The lowest BCUT2D eigenvalue weighted by Gasteiger charge is -2.11. The largest absolute Gasteiger partial charge is 0.508 e. The summed E-state index contributed by atoms with van der Waals surface area (Å²) in [6.45, 7) is 4.71. The first-order chi connectivity index (χ1) is 6.56. The van der Waals surface area contributed by atoms with Crippen LogP contribution >= 0.6 is 0 Å². The van der Waals surface area contributed by atoms with Crippen molar-refractivity contribution < 1.29 is 28.9 Å². The molecule has 0 aromatic heterocycles. The van der Waals surface area contributed by atoms with Gasteiger partial charge >= 0.3 is 12.1 Å². The van der Waals surface area contributed by atoms with Crippen molar-refractivity contribution in [3.05, 3.63) is 12.7 Å². The van der Waals surface area contributed by atoms with E-state index in [9.17, 15) is 9.59 Å². The fourth-order valence-corrected chi connectivity index (χ4v) is 0.591. The summed E-state index contributed by atoms with van der Waals surface area (Å²) >= 11 is 0. The summed E-state index contributed by atoms with van der Waals surface area (Å²) in [5, 5.41) is 8.17. The number of hydrogen-bond acceptors (Lipinski definition) is 5. The molecular formula is C8H12O6. The molecule has 0 aromatic rings. The molecule has 1 atom stereocenters. The Hall–Kier alpha value is -1.56. The van der Waals surface area contributed by atoms with Crippen molar-refractivity contribution in [3.63, 3.8) is 0 Å². The van der Waals surface area contributed by atoms with E-state index in [0.717, 1.165) is 6.08 Å². The van der Waals surface area contributed by atoms with Crippen molar-refractivity contribution in [3.8, 4) is 0 Å². The van der Waals surface area contributed by atoms with Crippen LogP contribution in [0.3, 0.4) is 0 Å². The van der Waals surface area contributed by atoms with Gasteiger partial charge in [-0.15, -0.1) is 0 Å². The van der Waals surface area contributed by atoms with E-state index >= 15 is 0 Å². The second-order valence-corrected chi connectivity index (χ2v) is 2.19. The molecule has 0 saturated heterocycles. The summed E-state index contributed by atoms with van der Waals surface area (Å²) < 4.78 is 13.6. The first-order valence-corrected chi connectivity index (χ1v) is 3.86. The molecule has 0 aliphatic heterocycles. The van der Waals surface area contributed by atoms with E-state index in [1.54, 1.807) is 0 Å². The van der Waals surface area contributed by atoms with Crippen LogP contribution in [0.5, 0.6) is 0 Å². The van der Waals surface area contributed by atoms with Crippen LogP contribution in [-0.2, 0) is 19.0 Å². The van der Waals surface area contributed by atoms with Gasteiger partial charge in [0.2, 0.25) is 6.29 Å². The predicted molar refractivity (Wildman–Crippen MR) is 45.7 cm³/mol. The molecule has 0 aliphatic carbocycles. The minimum Gasteiger partial charge on any atom is -0.460 e. The molecule has 1 N–H and O–H groups in total. The maximum Gasteiger partial charge on any atom is 0.508 e. The first kappa shape index (κ1) is 12.4. The lowest BCUT2D eigenvalue weighted by atomic mass is 10.6. The van der Waals surface area contributed by atoms with Gasteiger partial charge in [0.1, 0.15) is 6.61 Å². The zero-order valence-electron chi connectivity index (χ0n) is 7.76. The van der Waals surface area contributed by atoms with Crippen molar-refractivity contribution in [1.82, 2.24) is 0 Å². The molecule has 0 aliphatic rings. The van der Waals surface area contributed by atoms with Crippen molar-refractivity contribution in [1.29, 1.82) is 0 Å². The summed E-state index contributed by atoms with van der Waals surface area (Å²) in [6.07, 6.45) is -1.27. The SMILES string of the molecule is C=CC(=O)OCCOC(C)OC(=O)O. The van der Waals surface area contributed by atoms with Crippen LogP contribution in [0.4, 0.5) is 4.79 Å². The van der Waals surface area contributed by atoms with Gasteiger partial charge in [0.15, 0.2) is 0 Å². The Balaban J connectivity index is 3.40. The lowest BCUT2D eigenvalue weighted by Crippen LogP contribution is -2.19. The normalized spacial score (nSPS) is 11.5. The minimum absolute atomic E-state index is 0.0260. The molecule has 1 unspecified atom stereocenters.